The summed E-state index contributed by atoms with van der Waals surface area (Å²) < 4.78 is 0. The van der Waals surface area contributed by atoms with Gasteiger partial charge in [-0.1, -0.05) is 43.9 Å². The molecule has 3 saturated heterocycles. The van der Waals surface area contributed by atoms with Crippen LogP contribution in [0.25, 0.3) is 0 Å². The summed E-state index contributed by atoms with van der Waals surface area (Å²) in [5, 5.41) is 0. The summed E-state index contributed by atoms with van der Waals surface area (Å²) in [6.07, 6.45) is 16.4. The van der Waals surface area contributed by atoms with Gasteiger partial charge in [-0.05, 0) is 88.7 Å². The minimum atomic E-state index is -0.255. The number of hydrogen-bond donors (Lipinski definition) is 0. The third kappa shape index (κ3) is 4.54. The van der Waals surface area contributed by atoms with Crippen molar-refractivity contribution in [3.8, 4) is 0 Å². The number of nitrogens with zero attached hydrogens (tertiary/aromatic N) is 3. The first-order valence-corrected chi connectivity index (χ1v) is 14.5. The van der Waals surface area contributed by atoms with Crippen molar-refractivity contribution in [3.05, 3.63) is 30.3 Å². The molecule has 1 aromatic rings. The van der Waals surface area contributed by atoms with E-state index in [1.165, 1.54) is 57.8 Å². The van der Waals surface area contributed by atoms with Crippen LogP contribution in [0.2, 0.25) is 0 Å². The molecule has 7 atom stereocenters. The first kappa shape index (κ1) is 23.5. The second-order valence-corrected chi connectivity index (χ2v) is 12.3. The summed E-state index contributed by atoms with van der Waals surface area (Å²) in [6.45, 7) is 2.34. The largest absolute Gasteiger partial charge is 0.325 e. The Balaban J connectivity index is 1.26. The fourth-order valence-corrected chi connectivity index (χ4v) is 8.76. The van der Waals surface area contributed by atoms with Crippen LogP contribution in [-0.2, 0) is 4.79 Å². The predicted octanol–water partition coefficient (Wildman–Crippen LogP) is 6.02. The van der Waals surface area contributed by atoms with E-state index in [1.54, 1.807) is 6.92 Å². The number of anilines is 1. The van der Waals surface area contributed by atoms with Crippen LogP contribution >= 0.6 is 0 Å². The summed E-state index contributed by atoms with van der Waals surface area (Å²) in [4.78, 5) is 33.4. The van der Waals surface area contributed by atoms with Gasteiger partial charge in [0, 0.05) is 36.4 Å². The monoisotopic (exact) mass is 477 g/mol. The molecule has 5 fully saturated rings. The topological polar surface area (TPSA) is 43.9 Å². The van der Waals surface area contributed by atoms with Gasteiger partial charge in [0.1, 0.15) is 0 Å². The molecule has 35 heavy (non-hydrogen) atoms. The zero-order valence-corrected chi connectivity index (χ0v) is 21.5. The molecule has 5 nitrogen and oxygen atoms in total. The molecule has 0 radical (unpaired) electrons. The van der Waals surface area contributed by atoms with E-state index in [0.717, 1.165) is 49.2 Å². The van der Waals surface area contributed by atoms with E-state index in [9.17, 15) is 9.59 Å². The number of para-hydroxylation sites is 1. The Morgan fingerprint density at radius 2 is 1.43 bits per heavy atom. The molecule has 4 bridgehead atoms. The second kappa shape index (κ2) is 9.88. The van der Waals surface area contributed by atoms with Crippen molar-refractivity contribution in [3.63, 3.8) is 0 Å². The number of Topliss-reactive ketones (excluding diaryl/α,β-unsaturated/α-hetero) is 1. The van der Waals surface area contributed by atoms with Crippen LogP contribution in [0, 0.1) is 11.8 Å². The molecule has 0 N–H and O–H groups in total. The van der Waals surface area contributed by atoms with Gasteiger partial charge in [-0.15, -0.1) is 0 Å². The highest BCUT2D eigenvalue weighted by Gasteiger charge is 2.47. The SMILES string of the molecule is CC(=O)[C@H]1CCCN1C(=O)N(c1ccccc1)[C@H]1C[C@H]2CCC[C@@H](C1)N2[C@H]1C[C@@H]2CCC[C@@H](C2)C1. The van der Waals surface area contributed by atoms with Crippen molar-refractivity contribution in [1.82, 2.24) is 9.80 Å². The zero-order valence-electron chi connectivity index (χ0n) is 21.5. The van der Waals surface area contributed by atoms with Crippen molar-refractivity contribution in [2.45, 2.75) is 121 Å². The Kier molecular flexibility index (Phi) is 6.64. The number of amides is 2. The molecule has 2 aliphatic carbocycles. The Hall–Kier alpha value is -1.88. The summed E-state index contributed by atoms with van der Waals surface area (Å²) in [7, 11) is 0. The van der Waals surface area contributed by atoms with Gasteiger partial charge in [0.25, 0.3) is 0 Å². The lowest BCUT2D eigenvalue weighted by molar-refractivity contribution is -0.120. The molecule has 190 valence electrons. The standard InChI is InChI=1S/C30H43N3O2/c1-21(34)29-14-7-15-31(29)30(35)33(24-10-3-2-4-11-24)28-19-25-12-6-13-26(20-28)32(25)27-17-22-8-5-9-23(16-22)18-27/h2-4,10-11,22-23,25-29H,5-9,12-20H2,1H3/t22-,23+,25-,26+,27+,28+,29-/m1/s1. The Labute approximate surface area is 211 Å². The van der Waals surface area contributed by atoms with Crippen molar-refractivity contribution < 1.29 is 9.59 Å². The fraction of sp³-hybridized carbons (Fsp3) is 0.733. The van der Waals surface area contributed by atoms with Crippen LogP contribution in [-0.4, -0.2) is 58.4 Å². The Morgan fingerprint density at radius 3 is 2.09 bits per heavy atom. The van der Waals surface area contributed by atoms with Gasteiger partial charge < -0.3 is 4.90 Å². The number of piperidine rings is 2. The number of hydrogen-bond acceptors (Lipinski definition) is 3. The smallest absolute Gasteiger partial charge is 0.314 e. The summed E-state index contributed by atoms with van der Waals surface area (Å²) in [6, 6.07) is 12.2. The van der Waals surface area contributed by atoms with E-state index in [-0.39, 0.29) is 23.9 Å². The van der Waals surface area contributed by atoms with Crippen LogP contribution < -0.4 is 4.90 Å². The van der Waals surface area contributed by atoms with E-state index in [0.29, 0.717) is 18.6 Å². The zero-order chi connectivity index (χ0) is 23.9. The maximum Gasteiger partial charge on any atom is 0.325 e. The van der Waals surface area contributed by atoms with Gasteiger partial charge in [-0.25, -0.2) is 4.79 Å². The van der Waals surface area contributed by atoms with Crippen LogP contribution in [0.1, 0.15) is 90.4 Å². The molecule has 2 amide bonds. The molecule has 5 heteroatoms. The molecule has 2 saturated carbocycles. The summed E-state index contributed by atoms with van der Waals surface area (Å²) >= 11 is 0. The molecular formula is C30H43N3O2. The maximum absolute atomic E-state index is 14.1. The molecule has 0 aromatic heterocycles. The van der Waals surface area contributed by atoms with Crippen molar-refractivity contribution in [2.75, 3.05) is 11.4 Å². The number of carbonyl (C=O) groups is 2. The lowest BCUT2D eigenvalue weighted by atomic mass is 9.68. The quantitative estimate of drug-likeness (QED) is 0.533. The molecule has 5 aliphatic rings. The Bertz CT molecular complexity index is 893. The third-order valence-electron chi connectivity index (χ3n) is 10.1. The predicted molar refractivity (Wildman–Crippen MR) is 139 cm³/mol. The summed E-state index contributed by atoms with van der Waals surface area (Å²) in [5.41, 5.74) is 0.996. The van der Waals surface area contributed by atoms with E-state index in [1.807, 2.05) is 23.1 Å². The number of fused-ring (bicyclic) bond motifs is 4. The highest BCUT2D eigenvalue weighted by molar-refractivity contribution is 5.96. The average molecular weight is 478 g/mol. The van der Waals surface area contributed by atoms with Crippen LogP contribution in [0.15, 0.2) is 30.3 Å². The molecule has 0 spiro atoms. The van der Waals surface area contributed by atoms with E-state index in [4.69, 9.17) is 0 Å². The van der Waals surface area contributed by atoms with E-state index < -0.39 is 0 Å². The molecule has 0 unspecified atom stereocenters. The number of ketones is 1. The van der Waals surface area contributed by atoms with Gasteiger partial charge in [0.05, 0.1) is 6.04 Å². The lowest BCUT2D eigenvalue weighted by Crippen LogP contribution is -2.63. The molecular weight excluding hydrogens is 434 g/mol. The minimum Gasteiger partial charge on any atom is -0.314 e. The number of likely N-dealkylation sites (tertiary alicyclic amines) is 1. The van der Waals surface area contributed by atoms with E-state index in [2.05, 4.69) is 21.9 Å². The Morgan fingerprint density at radius 1 is 0.771 bits per heavy atom. The molecule has 1 aromatic carbocycles. The van der Waals surface area contributed by atoms with Gasteiger partial charge in [0.2, 0.25) is 0 Å². The average Bonchev–Trinajstić information content (AvgIpc) is 3.35. The van der Waals surface area contributed by atoms with Gasteiger partial charge in [0.15, 0.2) is 5.78 Å². The highest BCUT2D eigenvalue weighted by Crippen LogP contribution is 2.46. The van der Waals surface area contributed by atoms with Crippen LogP contribution in [0.3, 0.4) is 0 Å². The second-order valence-electron chi connectivity index (χ2n) is 12.3. The lowest BCUT2D eigenvalue weighted by Gasteiger charge is -2.56. The first-order valence-electron chi connectivity index (χ1n) is 14.5. The van der Waals surface area contributed by atoms with Gasteiger partial charge >= 0.3 is 6.03 Å². The third-order valence-corrected chi connectivity index (χ3v) is 10.1. The van der Waals surface area contributed by atoms with Crippen molar-refractivity contribution >= 4 is 17.5 Å². The first-order chi connectivity index (χ1) is 17.1. The van der Waals surface area contributed by atoms with Crippen LogP contribution in [0.4, 0.5) is 10.5 Å². The molecule has 3 heterocycles. The number of carbonyl (C=O) groups excluding carboxylic acids is 2. The molecule has 3 aliphatic heterocycles. The van der Waals surface area contributed by atoms with Crippen LogP contribution in [0.5, 0.6) is 0 Å². The van der Waals surface area contributed by atoms with Crippen molar-refractivity contribution in [1.29, 1.82) is 0 Å². The summed E-state index contributed by atoms with van der Waals surface area (Å²) in [5.74, 6) is 2.03. The van der Waals surface area contributed by atoms with Gasteiger partial charge in [-0.2, -0.15) is 0 Å². The van der Waals surface area contributed by atoms with Crippen molar-refractivity contribution in [2.24, 2.45) is 11.8 Å². The fourth-order valence-electron chi connectivity index (χ4n) is 8.76. The highest BCUT2D eigenvalue weighted by atomic mass is 16.2. The minimum absolute atomic E-state index is 0.0534. The molecule has 6 rings (SSSR count). The number of benzene rings is 1. The number of rotatable bonds is 4. The number of urea groups is 1. The van der Waals surface area contributed by atoms with E-state index >= 15 is 0 Å². The van der Waals surface area contributed by atoms with Gasteiger partial charge in [-0.3, -0.25) is 14.6 Å². The maximum atomic E-state index is 14.1. The normalized spacial score (nSPS) is 37.2.